The number of carbonyl (C=O) groups excluding carboxylic acids is 8. The third-order valence-corrected chi connectivity index (χ3v) is 31.0. The normalized spacial score (nSPS) is 15.8. The van der Waals surface area contributed by atoms with Crippen LogP contribution in [0.3, 0.4) is 0 Å². The van der Waals surface area contributed by atoms with Gasteiger partial charge in [-0.2, -0.15) is 0 Å². The Bertz CT molecular complexity index is 7140. The van der Waals surface area contributed by atoms with Crippen LogP contribution >= 0.6 is 79.4 Å². The van der Waals surface area contributed by atoms with Crippen LogP contribution in [0.2, 0.25) is 0 Å². The van der Waals surface area contributed by atoms with Crippen LogP contribution in [0.4, 0.5) is 34.8 Å². The van der Waals surface area contributed by atoms with E-state index in [1.54, 1.807) is 18.5 Å². The zero-order valence-electron chi connectivity index (χ0n) is 72.8. The predicted octanol–water partition coefficient (Wildman–Crippen LogP) is 22.1. The van der Waals surface area contributed by atoms with Gasteiger partial charge in [0.15, 0.2) is 21.2 Å². The van der Waals surface area contributed by atoms with E-state index in [0.717, 1.165) is 199 Å². The number of nitrogens with zero attached hydrogens (tertiary/aromatic N) is 9. The summed E-state index contributed by atoms with van der Waals surface area (Å²) in [6, 6.07) is 30.1. The Morgan fingerprint density at radius 1 is 0.429 bits per heavy atom. The second-order valence-electron chi connectivity index (χ2n) is 34.2. The molecule has 0 bridgehead atoms. The molecule has 1 saturated heterocycles. The molecule has 36 heteroatoms. The number of aromatic nitrogens is 9. The SMILES string of the molecule is CCC(CC)NC(=O)c1csc2ncc(-c3ccc4nc(NC(=O)C5CC5)sc4c3)cc12.CCOC(=O)Nc1nc2ccc(-c3cnc4scc(C(=O)NC5CCCCC5)c4c3)cc2s1.O=C(NC1CCC(F)(F)CC1)c1csc2ncc(-c3ccc4nc(NC(=O)C5CC5)sc4c3)cc12.O=C(NC1CCOCC1)c1csc2ncc(-c3ccc4nc(NC(=O)C5CC5)cn4c3)cc12. The van der Waals surface area contributed by atoms with Crippen LogP contribution in [0, 0.1) is 17.8 Å². The molecule has 27 nitrogen and oxygen atoms in total. The first-order valence-electron chi connectivity index (χ1n) is 44.9. The second-order valence-corrected chi connectivity index (χ2v) is 40.7. The van der Waals surface area contributed by atoms with E-state index in [-0.39, 0.29) is 109 Å². The Hall–Kier alpha value is -12.2. The van der Waals surface area contributed by atoms with Gasteiger partial charge in [0.2, 0.25) is 23.6 Å². The summed E-state index contributed by atoms with van der Waals surface area (Å²) >= 11 is 10.1. The Morgan fingerprint density at radius 3 is 1.23 bits per heavy atom. The van der Waals surface area contributed by atoms with E-state index in [1.807, 2.05) is 136 Å². The van der Waals surface area contributed by atoms with Crippen molar-refractivity contribution in [3.05, 3.63) is 172 Å². The molecule has 8 amide bonds. The number of pyridine rings is 5. The highest BCUT2D eigenvalue weighted by Gasteiger charge is 2.37. The van der Waals surface area contributed by atoms with Crippen LogP contribution in [0.5, 0.6) is 0 Å². The number of thiophene rings is 4. The van der Waals surface area contributed by atoms with Crippen molar-refractivity contribution in [3.63, 3.8) is 0 Å². The van der Waals surface area contributed by atoms with Crippen LogP contribution in [0.1, 0.15) is 184 Å². The first-order valence-corrected chi connectivity index (χ1v) is 50.9. The van der Waals surface area contributed by atoms with Gasteiger partial charge in [0, 0.05) is 170 Å². The van der Waals surface area contributed by atoms with Crippen LogP contribution in [0.25, 0.3) is 122 Å². The quantitative estimate of drug-likeness (QED) is 0.0312. The van der Waals surface area contributed by atoms with Gasteiger partial charge in [-0.25, -0.2) is 53.4 Å². The molecule has 0 radical (unpaired) electrons. The molecule has 8 N–H and O–H groups in total. The summed E-state index contributed by atoms with van der Waals surface area (Å²) in [4.78, 5) is 139. The topological polar surface area (TPSA) is 359 Å². The Labute approximate surface area is 789 Å². The number of carbonyl (C=O) groups is 8. The van der Waals surface area contributed by atoms with Crippen molar-refractivity contribution < 1.29 is 56.6 Å². The highest BCUT2D eigenvalue weighted by Crippen LogP contribution is 2.42. The predicted molar refractivity (Wildman–Crippen MR) is 525 cm³/mol. The molecule has 682 valence electrons. The third-order valence-electron chi connectivity index (χ3n) is 24.6. The van der Waals surface area contributed by atoms with Gasteiger partial charge in [-0.1, -0.05) is 85.3 Å². The second kappa shape index (κ2) is 39.6. The van der Waals surface area contributed by atoms with E-state index < -0.39 is 12.0 Å². The molecule has 5 aliphatic carbocycles. The van der Waals surface area contributed by atoms with Crippen molar-refractivity contribution in [2.45, 2.75) is 173 Å². The molecule has 6 aliphatic rings. The summed E-state index contributed by atoms with van der Waals surface area (Å²) in [5.74, 6) is -1.90. The number of nitrogens with one attached hydrogen (secondary N) is 8. The molecule has 5 saturated carbocycles. The van der Waals surface area contributed by atoms with Crippen LogP contribution in [0.15, 0.2) is 150 Å². The highest BCUT2D eigenvalue weighted by atomic mass is 32.1. The zero-order valence-corrected chi connectivity index (χ0v) is 78.5. The number of hydrogen-bond donors (Lipinski definition) is 8. The van der Waals surface area contributed by atoms with E-state index in [2.05, 4.69) is 102 Å². The molecule has 0 spiro atoms. The van der Waals surface area contributed by atoms with Gasteiger partial charge >= 0.3 is 6.09 Å². The summed E-state index contributed by atoms with van der Waals surface area (Å²) in [6.45, 7) is 7.59. The number of ether oxygens (including phenoxy) is 2. The Morgan fingerprint density at radius 2 is 0.812 bits per heavy atom. The van der Waals surface area contributed by atoms with Crippen LogP contribution in [-0.4, -0.2) is 142 Å². The lowest BCUT2D eigenvalue weighted by molar-refractivity contribution is -0.118. The number of thiazole rings is 3. The van der Waals surface area contributed by atoms with E-state index in [4.69, 9.17) is 9.47 Å². The minimum atomic E-state index is -2.63. The number of hydrogen-bond acceptors (Lipinski definition) is 25. The lowest BCUT2D eigenvalue weighted by Gasteiger charge is -2.28. The van der Waals surface area contributed by atoms with Gasteiger partial charge in [-0.05, 0) is 186 Å². The standard InChI is InChI=1S/C25H22F2N4O2S2.C24H23N5O3S.C24H24N4O3S2.C24H24N4O2S2/c26-25(27)7-5-16(6-8-25)29-22(33)18-12-34-23-17(18)9-15(11-28-23)14-3-4-19-20(10-14)35-24(30-19)31-21(32)13-1-2-13;30-22(14-1-2-14)28-20-12-29-11-15(3-4-21(29)27-20)16-9-18-19(13-33-24(18)25-10-16)23(31)26-17-5-7-32-8-6-17;1-2-31-24(30)28-23-27-19-9-8-14(11-20(19)33-23)15-10-17-18(13-32-22(17)25-12-15)21(29)26-16-6-4-3-5-7-16;1-3-16(4-2)26-22(30)18-12-31-23-17(18)9-15(11-25-23)14-7-8-19-20(10-14)32-24(27-19)28-21(29)13-5-6-13/h3-4,9-13,16H,1-2,5-8H2,(H,29,33)(H,30,31,32);3-4,9-14,17H,1-2,5-8H2,(H,26,31)(H,28,30);8-13,16H,2-7H2,1H3,(H,26,29)(H,27,28,30);7-13,16H,3-6H2,1-2H3,(H,26,30)(H,27,28,29). The lowest BCUT2D eigenvalue weighted by atomic mass is 9.92. The van der Waals surface area contributed by atoms with Gasteiger partial charge in [0.05, 0.1) is 65.7 Å². The first-order chi connectivity index (χ1) is 64.6. The van der Waals surface area contributed by atoms with Crippen molar-refractivity contribution in [2.24, 2.45) is 17.8 Å². The van der Waals surface area contributed by atoms with Crippen molar-refractivity contribution in [1.29, 1.82) is 0 Å². The van der Waals surface area contributed by atoms with Gasteiger partial charge in [0.25, 0.3) is 23.6 Å². The third kappa shape index (κ3) is 21.3. The molecular formula is C97H93F2N17O10S7. The maximum atomic E-state index is 13.5. The molecular weight excluding hydrogens is 1830 g/mol. The maximum Gasteiger partial charge on any atom is 0.413 e. The number of alkyl halides is 2. The Kier molecular flexibility index (Phi) is 26.8. The van der Waals surface area contributed by atoms with E-state index >= 15 is 0 Å². The minimum Gasteiger partial charge on any atom is -0.450 e. The maximum absolute atomic E-state index is 13.5. The number of anilines is 4. The number of amides is 8. The summed E-state index contributed by atoms with van der Waals surface area (Å²) in [5.41, 5.74) is 13.3. The summed E-state index contributed by atoms with van der Waals surface area (Å²) in [6.07, 6.45) is 25.7. The molecule has 0 atom stereocenters. The number of rotatable bonds is 22. The smallest absolute Gasteiger partial charge is 0.413 e. The van der Waals surface area contributed by atoms with Crippen LogP contribution < -0.4 is 42.5 Å². The van der Waals surface area contributed by atoms with E-state index in [9.17, 15) is 47.1 Å². The first kappa shape index (κ1) is 90.0. The average Bonchev–Trinajstić information content (AvgIpc) is 1.66. The fraction of sp³-hybridized carbons (Fsp3) is 0.340. The molecule has 0 unspecified atom stereocenters. The molecule has 3 aromatic carbocycles. The molecule has 1 aliphatic heterocycles. The Balaban J connectivity index is 0.000000114. The fourth-order valence-corrected chi connectivity index (χ4v) is 22.7. The molecule has 14 heterocycles. The monoisotopic (exact) mass is 1920 g/mol. The van der Waals surface area contributed by atoms with Gasteiger partial charge in [-0.15, -0.1) is 45.3 Å². The number of imidazole rings is 1. The van der Waals surface area contributed by atoms with Gasteiger partial charge in [0.1, 0.15) is 25.0 Å². The van der Waals surface area contributed by atoms with Gasteiger partial charge in [-0.3, -0.25) is 38.9 Å². The lowest BCUT2D eigenvalue weighted by Crippen LogP contribution is -2.40. The van der Waals surface area contributed by atoms with E-state index in [0.29, 0.717) is 63.3 Å². The molecule has 6 fully saturated rings. The fourth-order valence-electron chi connectivity index (χ4n) is 16.5. The van der Waals surface area contributed by atoms with Crippen molar-refractivity contribution in [3.8, 4) is 44.5 Å². The summed E-state index contributed by atoms with van der Waals surface area (Å²) < 4.78 is 42.0. The van der Waals surface area contributed by atoms with E-state index in [1.165, 1.54) is 98.6 Å². The zero-order chi connectivity index (χ0) is 91.5. The summed E-state index contributed by atoms with van der Waals surface area (Å²) in [5, 5.41) is 36.3. The van der Waals surface area contributed by atoms with Crippen molar-refractivity contribution in [1.82, 2.24) is 65.5 Å². The molecule has 133 heavy (non-hydrogen) atoms. The average molecular weight is 1920 g/mol. The number of fused-ring (bicyclic) bond motifs is 8. The van der Waals surface area contributed by atoms with Crippen molar-refractivity contribution >= 4 is 225 Å². The van der Waals surface area contributed by atoms with Crippen LogP contribution in [-0.2, 0) is 23.9 Å². The largest absolute Gasteiger partial charge is 0.450 e. The van der Waals surface area contributed by atoms with Gasteiger partial charge < -0.3 is 51.1 Å². The number of benzene rings is 3. The summed E-state index contributed by atoms with van der Waals surface area (Å²) in [7, 11) is 0. The highest BCUT2D eigenvalue weighted by molar-refractivity contribution is 7.23. The van der Waals surface area contributed by atoms with Crippen molar-refractivity contribution in [2.75, 3.05) is 41.1 Å². The molecule has 13 aromatic heterocycles. The molecule has 22 rings (SSSR count). The molecule has 16 aromatic rings. The number of halogens is 2. The minimum absolute atomic E-state index is 0.0142.